The van der Waals surface area contributed by atoms with Crippen LogP contribution in [0.5, 0.6) is 0 Å². The summed E-state index contributed by atoms with van der Waals surface area (Å²) in [6, 6.07) is 0.645. The molecular weight excluding hydrogens is 256 g/mol. The van der Waals surface area contributed by atoms with Gasteiger partial charge in [0.15, 0.2) is 0 Å². The second-order valence-corrected chi connectivity index (χ2v) is 6.51. The van der Waals surface area contributed by atoms with Gasteiger partial charge in [-0.3, -0.25) is 0 Å². The lowest BCUT2D eigenvalue weighted by Gasteiger charge is -2.07. The largest absolute Gasteiger partial charge is 0.243 e. The number of unbranched alkanes of at least 4 members (excludes halogenated alkanes) is 9. The molecule has 1 unspecified atom stereocenters. The molecule has 1 aromatic rings. The van der Waals surface area contributed by atoms with Crippen molar-refractivity contribution in [2.45, 2.75) is 104 Å². The molecule has 0 aromatic carbocycles. The van der Waals surface area contributed by atoms with E-state index in [2.05, 4.69) is 48.6 Å². The zero-order valence-corrected chi connectivity index (χ0v) is 14.7. The van der Waals surface area contributed by atoms with Gasteiger partial charge in [-0.1, -0.05) is 64.7 Å². The van der Waals surface area contributed by atoms with E-state index < -0.39 is 0 Å². The van der Waals surface area contributed by atoms with Crippen LogP contribution < -0.4 is 4.57 Å². The summed E-state index contributed by atoms with van der Waals surface area (Å²) in [6.45, 7) is 7.89. The molecule has 0 aliphatic carbocycles. The van der Waals surface area contributed by atoms with E-state index in [-0.39, 0.29) is 0 Å². The molecule has 0 aliphatic heterocycles. The maximum absolute atomic E-state index is 2.36. The van der Waals surface area contributed by atoms with Crippen LogP contribution in [0.15, 0.2) is 18.7 Å². The summed E-state index contributed by atoms with van der Waals surface area (Å²) in [5.74, 6) is 0. The first-order valence-electron chi connectivity index (χ1n) is 9.34. The number of aryl methyl sites for hydroxylation is 1. The summed E-state index contributed by atoms with van der Waals surface area (Å²) in [4.78, 5) is 0. The summed E-state index contributed by atoms with van der Waals surface area (Å²) < 4.78 is 4.60. The van der Waals surface area contributed by atoms with Crippen LogP contribution in [0.3, 0.4) is 0 Å². The van der Waals surface area contributed by atoms with Crippen molar-refractivity contribution in [1.82, 2.24) is 4.57 Å². The first-order valence-corrected chi connectivity index (χ1v) is 9.34. The highest BCUT2D eigenvalue weighted by molar-refractivity contribution is 4.72. The number of rotatable bonds is 13. The van der Waals surface area contributed by atoms with Crippen LogP contribution in [0.2, 0.25) is 0 Å². The van der Waals surface area contributed by atoms with Gasteiger partial charge in [-0.2, -0.15) is 0 Å². The van der Waals surface area contributed by atoms with Crippen LogP contribution in [0, 0.1) is 0 Å². The lowest BCUT2D eigenvalue weighted by atomic mass is 10.0. The van der Waals surface area contributed by atoms with Gasteiger partial charge in [-0.15, -0.1) is 0 Å². The van der Waals surface area contributed by atoms with Crippen molar-refractivity contribution in [3.05, 3.63) is 18.7 Å². The minimum atomic E-state index is 0.645. The topological polar surface area (TPSA) is 8.81 Å². The summed E-state index contributed by atoms with van der Waals surface area (Å²) >= 11 is 0. The minimum absolute atomic E-state index is 0.645. The number of hydrogen-bond donors (Lipinski definition) is 0. The van der Waals surface area contributed by atoms with Gasteiger partial charge >= 0.3 is 0 Å². The molecule has 2 heteroatoms. The normalized spacial score (nSPS) is 12.7. The fourth-order valence-electron chi connectivity index (χ4n) is 2.93. The van der Waals surface area contributed by atoms with Crippen molar-refractivity contribution in [1.29, 1.82) is 0 Å². The van der Waals surface area contributed by atoms with E-state index in [9.17, 15) is 0 Å². The molecule has 0 aliphatic rings. The molecule has 0 spiro atoms. The molecule has 0 fully saturated rings. The fourth-order valence-corrected chi connectivity index (χ4v) is 2.93. The second kappa shape index (κ2) is 11.8. The van der Waals surface area contributed by atoms with Crippen molar-refractivity contribution < 1.29 is 4.57 Å². The predicted molar refractivity (Wildman–Crippen MR) is 91.5 cm³/mol. The smallest absolute Gasteiger partial charge is 0.237 e. The molecular formula is C19H37N2+. The molecule has 1 heterocycles. The first kappa shape index (κ1) is 18.3. The van der Waals surface area contributed by atoms with Crippen LogP contribution in [0.25, 0.3) is 0 Å². The minimum Gasteiger partial charge on any atom is -0.237 e. The highest BCUT2D eigenvalue weighted by Crippen LogP contribution is 2.16. The lowest BCUT2D eigenvalue weighted by molar-refractivity contribution is -0.693. The third kappa shape index (κ3) is 8.28. The molecule has 0 saturated carbocycles. The van der Waals surface area contributed by atoms with Gasteiger partial charge in [0.25, 0.3) is 0 Å². The van der Waals surface area contributed by atoms with Crippen molar-refractivity contribution in [3.63, 3.8) is 0 Å². The number of hydrogen-bond acceptors (Lipinski definition) is 0. The zero-order valence-electron chi connectivity index (χ0n) is 14.7. The summed E-state index contributed by atoms with van der Waals surface area (Å²) in [5.41, 5.74) is 0. The van der Waals surface area contributed by atoms with Crippen molar-refractivity contribution >= 4 is 0 Å². The van der Waals surface area contributed by atoms with Gasteiger partial charge < -0.3 is 0 Å². The highest BCUT2D eigenvalue weighted by Gasteiger charge is 2.10. The summed E-state index contributed by atoms with van der Waals surface area (Å²) in [5, 5.41) is 0. The van der Waals surface area contributed by atoms with Crippen molar-refractivity contribution in [2.75, 3.05) is 0 Å². The van der Waals surface area contributed by atoms with Gasteiger partial charge in [-0.05, 0) is 26.7 Å². The Morgan fingerprint density at radius 1 is 0.857 bits per heavy atom. The molecule has 1 atom stereocenters. The number of imidazole rings is 1. The Labute approximate surface area is 132 Å². The Morgan fingerprint density at radius 2 is 1.43 bits per heavy atom. The van der Waals surface area contributed by atoms with E-state index >= 15 is 0 Å². The van der Waals surface area contributed by atoms with E-state index in [4.69, 9.17) is 0 Å². The second-order valence-electron chi connectivity index (χ2n) is 6.51. The fraction of sp³-hybridized carbons (Fsp3) is 0.842. The first-order chi connectivity index (χ1) is 10.3. The number of nitrogens with zero attached hydrogens (tertiary/aromatic N) is 2. The molecule has 21 heavy (non-hydrogen) atoms. The van der Waals surface area contributed by atoms with E-state index in [1.165, 1.54) is 70.6 Å². The Balaban J connectivity index is 1.94. The maximum atomic E-state index is 2.36. The highest BCUT2D eigenvalue weighted by atomic mass is 15.1. The van der Waals surface area contributed by atoms with Crippen LogP contribution in [-0.4, -0.2) is 4.57 Å². The van der Waals surface area contributed by atoms with Crippen LogP contribution >= 0.6 is 0 Å². The summed E-state index contributed by atoms with van der Waals surface area (Å²) in [6.07, 6.45) is 22.2. The Hall–Kier alpha value is -0.790. The SMILES string of the molecule is CCCCCCCCCCCCC(C)n1cc[n+](CC)c1. The molecule has 1 rings (SSSR count). The Kier molecular flexibility index (Phi) is 10.3. The molecule has 1 aromatic heterocycles. The van der Waals surface area contributed by atoms with Gasteiger partial charge in [-0.25, -0.2) is 9.13 Å². The van der Waals surface area contributed by atoms with E-state index in [1.54, 1.807) is 0 Å². The zero-order chi connectivity index (χ0) is 15.3. The molecule has 122 valence electrons. The third-order valence-corrected chi connectivity index (χ3v) is 4.56. The molecule has 0 radical (unpaired) electrons. The Morgan fingerprint density at radius 3 is 1.95 bits per heavy atom. The van der Waals surface area contributed by atoms with Gasteiger partial charge in [0.2, 0.25) is 6.33 Å². The standard InChI is InChI=1S/C19H37N2/c1-4-6-7-8-9-10-11-12-13-14-15-19(3)21-17-16-20(5-2)18-21/h16-19H,4-15H2,1-3H3/q+1. The Bertz CT molecular complexity index is 343. The average molecular weight is 294 g/mol. The predicted octanol–water partition coefficient (Wildman–Crippen LogP) is 5.67. The summed E-state index contributed by atoms with van der Waals surface area (Å²) in [7, 11) is 0. The van der Waals surface area contributed by atoms with E-state index in [0.717, 1.165) is 6.54 Å². The van der Waals surface area contributed by atoms with Crippen molar-refractivity contribution in [2.24, 2.45) is 0 Å². The molecule has 0 bridgehead atoms. The third-order valence-electron chi connectivity index (χ3n) is 4.56. The van der Waals surface area contributed by atoms with E-state index in [1.807, 2.05) is 0 Å². The van der Waals surface area contributed by atoms with E-state index in [0.29, 0.717) is 6.04 Å². The molecule has 0 saturated heterocycles. The van der Waals surface area contributed by atoms with Crippen LogP contribution in [-0.2, 0) is 6.54 Å². The van der Waals surface area contributed by atoms with Gasteiger partial charge in [0.05, 0.1) is 12.6 Å². The lowest BCUT2D eigenvalue weighted by Crippen LogP contribution is -2.29. The molecule has 0 amide bonds. The molecule has 0 N–H and O–H groups in total. The maximum Gasteiger partial charge on any atom is 0.243 e. The average Bonchev–Trinajstić information content (AvgIpc) is 2.98. The number of aromatic nitrogens is 2. The van der Waals surface area contributed by atoms with Gasteiger partial charge in [0.1, 0.15) is 12.4 Å². The van der Waals surface area contributed by atoms with Crippen LogP contribution in [0.1, 0.15) is 97.4 Å². The van der Waals surface area contributed by atoms with Gasteiger partial charge in [0, 0.05) is 0 Å². The monoisotopic (exact) mass is 293 g/mol. The van der Waals surface area contributed by atoms with Crippen LogP contribution in [0.4, 0.5) is 0 Å². The van der Waals surface area contributed by atoms with Crippen molar-refractivity contribution in [3.8, 4) is 0 Å². The molecule has 2 nitrogen and oxygen atoms in total. The quantitative estimate of drug-likeness (QED) is 0.327.